The summed E-state index contributed by atoms with van der Waals surface area (Å²) >= 11 is 0. The Kier molecular flexibility index (Phi) is 5.08. The molecule has 2 heterocycles. The van der Waals surface area contributed by atoms with Crippen LogP contribution in [0, 0.1) is 13.8 Å². The van der Waals surface area contributed by atoms with Crippen LogP contribution in [-0.2, 0) is 14.8 Å². The summed E-state index contributed by atoms with van der Waals surface area (Å²) in [5.74, 6) is 0.676. The summed E-state index contributed by atoms with van der Waals surface area (Å²) in [5.41, 5.74) is 3.00. The van der Waals surface area contributed by atoms with Gasteiger partial charge in [-0.3, -0.25) is 9.10 Å². The van der Waals surface area contributed by atoms with Gasteiger partial charge in [-0.15, -0.1) is 0 Å². The van der Waals surface area contributed by atoms with E-state index in [1.54, 1.807) is 23.1 Å². The fraction of sp³-hybridized carbons (Fsp3) is 0.320. The maximum Gasteiger partial charge on any atom is 0.265 e. The predicted octanol–water partition coefficient (Wildman–Crippen LogP) is 4.04. The van der Waals surface area contributed by atoms with Gasteiger partial charge in [0.25, 0.3) is 10.0 Å². The van der Waals surface area contributed by atoms with Crippen LogP contribution in [0.5, 0.6) is 5.75 Å². The van der Waals surface area contributed by atoms with Crippen LogP contribution >= 0.6 is 0 Å². The second kappa shape index (κ2) is 7.81. The Morgan fingerprint density at radius 2 is 1.72 bits per heavy atom. The number of carbonyl (C=O) groups is 1. The largest absolute Gasteiger partial charge is 0.490 e. The number of ether oxygens (including phenoxy) is 1. The lowest BCUT2D eigenvalue weighted by atomic mass is 10.1. The van der Waals surface area contributed by atoms with Gasteiger partial charge in [-0.1, -0.05) is 30.3 Å². The number of piperidine rings is 1. The zero-order valence-electron chi connectivity index (χ0n) is 18.2. The van der Waals surface area contributed by atoms with Crippen LogP contribution in [0.25, 0.3) is 10.8 Å². The van der Waals surface area contributed by atoms with Crippen molar-refractivity contribution in [2.24, 2.45) is 0 Å². The van der Waals surface area contributed by atoms with Crippen molar-refractivity contribution in [3.8, 4) is 5.75 Å². The predicted molar refractivity (Wildman–Crippen MR) is 125 cm³/mol. The molecule has 0 spiro atoms. The summed E-state index contributed by atoms with van der Waals surface area (Å²) in [6.07, 6.45) is 1.50. The molecule has 32 heavy (non-hydrogen) atoms. The monoisotopic (exact) mass is 450 g/mol. The SMILES string of the molecule is Cc1ccc(OC2CCN(C(=O)CN3c4cccc5cccc(c45)S3(=O)=O)CC2)cc1C. The average Bonchev–Trinajstić information content (AvgIpc) is 3.00. The molecule has 2 aliphatic rings. The number of carbonyl (C=O) groups excluding carboxylic acids is 1. The molecule has 0 N–H and O–H groups in total. The van der Waals surface area contributed by atoms with E-state index < -0.39 is 10.0 Å². The Morgan fingerprint density at radius 1 is 1.00 bits per heavy atom. The number of rotatable bonds is 4. The van der Waals surface area contributed by atoms with Gasteiger partial charge in [0.1, 0.15) is 18.4 Å². The lowest BCUT2D eigenvalue weighted by Crippen LogP contribution is -2.46. The quantitative estimate of drug-likeness (QED) is 0.602. The van der Waals surface area contributed by atoms with Crippen molar-refractivity contribution >= 4 is 32.4 Å². The fourth-order valence-electron chi connectivity index (χ4n) is 4.55. The van der Waals surface area contributed by atoms with Crippen LogP contribution in [0.1, 0.15) is 24.0 Å². The number of likely N-dealkylation sites (tertiary alicyclic amines) is 1. The smallest absolute Gasteiger partial charge is 0.265 e. The van der Waals surface area contributed by atoms with E-state index in [1.807, 2.05) is 30.3 Å². The fourth-order valence-corrected chi connectivity index (χ4v) is 6.21. The molecule has 0 bridgehead atoms. The first kappa shape index (κ1) is 20.8. The number of amides is 1. The van der Waals surface area contributed by atoms with Crippen LogP contribution in [-0.4, -0.2) is 45.0 Å². The molecular weight excluding hydrogens is 424 g/mol. The van der Waals surface area contributed by atoms with Gasteiger partial charge in [0.15, 0.2) is 0 Å². The summed E-state index contributed by atoms with van der Waals surface area (Å²) in [6.45, 7) is 5.06. The number of benzene rings is 3. The molecule has 3 aromatic carbocycles. The number of nitrogens with zero attached hydrogens (tertiary/aromatic N) is 2. The molecule has 1 saturated heterocycles. The number of aryl methyl sites for hydroxylation is 2. The Balaban J connectivity index is 1.26. The molecule has 0 aromatic heterocycles. The third-order valence-corrected chi connectivity index (χ3v) is 8.34. The van der Waals surface area contributed by atoms with Crippen molar-refractivity contribution < 1.29 is 17.9 Å². The van der Waals surface area contributed by atoms with Crippen molar-refractivity contribution in [1.82, 2.24) is 4.90 Å². The lowest BCUT2D eigenvalue weighted by Gasteiger charge is -2.33. The van der Waals surface area contributed by atoms with Gasteiger partial charge in [-0.25, -0.2) is 8.42 Å². The van der Waals surface area contributed by atoms with Gasteiger partial charge in [0.05, 0.1) is 10.6 Å². The molecule has 1 fully saturated rings. The molecule has 0 aliphatic carbocycles. The second-order valence-corrected chi connectivity index (χ2v) is 10.4. The highest BCUT2D eigenvalue weighted by Crippen LogP contribution is 2.41. The van der Waals surface area contributed by atoms with E-state index in [0.29, 0.717) is 24.2 Å². The van der Waals surface area contributed by atoms with Crippen LogP contribution < -0.4 is 9.04 Å². The average molecular weight is 451 g/mol. The Labute approximate surface area is 188 Å². The molecule has 7 heteroatoms. The minimum absolute atomic E-state index is 0.0506. The molecule has 2 aliphatic heterocycles. The van der Waals surface area contributed by atoms with E-state index in [0.717, 1.165) is 24.0 Å². The van der Waals surface area contributed by atoms with E-state index in [1.165, 1.54) is 15.4 Å². The van der Waals surface area contributed by atoms with Crippen LogP contribution in [0.15, 0.2) is 59.5 Å². The minimum atomic E-state index is -3.73. The molecule has 5 rings (SSSR count). The molecule has 0 radical (unpaired) electrons. The second-order valence-electron chi connectivity index (χ2n) is 8.59. The van der Waals surface area contributed by atoms with Gasteiger partial charge in [0, 0.05) is 31.3 Å². The summed E-state index contributed by atoms with van der Waals surface area (Å²) in [4.78, 5) is 15.1. The van der Waals surface area contributed by atoms with Crippen molar-refractivity contribution in [3.05, 3.63) is 65.7 Å². The molecule has 0 saturated carbocycles. The third-order valence-electron chi connectivity index (χ3n) is 6.54. The Hall–Kier alpha value is -3.06. The van der Waals surface area contributed by atoms with Crippen molar-refractivity contribution in [2.45, 2.75) is 37.7 Å². The number of hydrogen-bond donors (Lipinski definition) is 0. The summed E-state index contributed by atoms with van der Waals surface area (Å²) in [7, 11) is -3.73. The molecule has 1 amide bonds. The zero-order chi connectivity index (χ0) is 22.5. The maximum absolute atomic E-state index is 13.1. The first-order chi connectivity index (χ1) is 15.3. The van der Waals surface area contributed by atoms with Gasteiger partial charge in [-0.05, 0) is 54.6 Å². The first-order valence-corrected chi connectivity index (χ1v) is 12.3. The Bertz CT molecular complexity index is 1310. The minimum Gasteiger partial charge on any atom is -0.490 e. The van der Waals surface area contributed by atoms with E-state index in [4.69, 9.17) is 4.74 Å². The summed E-state index contributed by atoms with van der Waals surface area (Å²) in [5, 5.41) is 1.56. The van der Waals surface area contributed by atoms with Gasteiger partial charge >= 0.3 is 0 Å². The maximum atomic E-state index is 13.1. The van der Waals surface area contributed by atoms with E-state index in [9.17, 15) is 13.2 Å². The van der Waals surface area contributed by atoms with Gasteiger partial charge in [-0.2, -0.15) is 0 Å². The highest BCUT2D eigenvalue weighted by Gasteiger charge is 2.37. The number of hydrogen-bond acceptors (Lipinski definition) is 4. The molecule has 166 valence electrons. The molecule has 6 nitrogen and oxygen atoms in total. The molecule has 3 aromatic rings. The third kappa shape index (κ3) is 3.50. The van der Waals surface area contributed by atoms with Gasteiger partial charge in [0.2, 0.25) is 5.91 Å². The topological polar surface area (TPSA) is 66.9 Å². The summed E-state index contributed by atoms with van der Waals surface area (Å²) < 4.78 is 33.6. The van der Waals surface area contributed by atoms with Gasteiger partial charge < -0.3 is 9.64 Å². The van der Waals surface area contributed by atoms with Crippen molar-refractivity contribution in [1.29, 1.82) is 0 Å². The molecule has 0 unspecified atom stereocenters. The lowest BCUT2D eigenvalue weighted by molar-refractivity contribution is -0.131. The molecular formula is C25H26N2O4S. The highest BCUT2D eigenvalue weighted by atomic mass is 32.2. The Morgan fingerprint density at radius 3 is 2.44 bits per heavy atom. The van der Waals surface area contributed by atoms with E-state index >= 15 is 0 Å². The van der Waals surface area contributed by atoms with Crippen LogP contribution in [0.2, 0.25) is 0 Å². The first-order valence-electron chi connectivity index (χ1n) is 10.9. The van der Waals surface area contributed by atoms with Crippen molar-refractivity contribution in [2.75, 3.05) is 23.9 Å². The van der Waals surface area contributed by atoms with Crippen molar-refractivity contribution in [3.63, 3.8) is 0 Å². The van der Waals surface area contributed by atoms with E-state index in [-0.39, 0.29) is 23.5 Å². The standard InChI is InChI=1S/C25H26N2O4S/c1-17-9-10-21(15-18(17)2)31-20-11-13-26(14-12-20)24(28)16-27-22-7-3-5-19-6-4-8-23(25(19)22)32(27,29)30/h3-10,15,20H,11-14,16H2,1-2H3. The normalized spacial score (nSPS) is 17.7. The zero-order valence-corrected chi connectivity index (χ0v) is 19.1. The van der Waals surface area contributed by atoms with Crippen LogP contribution in [0.4, 0.5) is 5.69 Å². The number of anilines is 1. The summed E-state index contributed by atoms with van der Waals surface area (Å²) in [6, 6.07) is 16.8. The highest BCUT2D eigenvalue weighted by molar-refractivity contribution is 7.93. The molecule has 0 atom stereocenters. The number of sulfonamides is 1. The van der Waals surface area contributed by atoms with E-state index in [2.05, 4.69) is 19.9 Å². The van der Waals surface area contributed by atoms with Crippen LogP contribution in [0.3, 0.4) is 0 Å².